The number of rotatable bonds is 7. The van der Waals surface area contributed by atoms with Crippen LogP contribution in [0.15, 0.2) is 48.5 Å². The van der Waals surface area contributed by atoms with Crippen molar-refractivity contribution in [3.63, 3.8) is 0 Å². The third-order valence-electron chi connectivity index (χ3n) is 3.20. The molecular formula is C18H18O5. The van der Waals surface area contributed by atoms with Crippen LogP contribution in [0.1, 0.15) is 16.7 Å². The molecule has 0 atom stereocenters. The van der Waals surface area contributed by atoms with E-state index >= 15 is 0 Å². The van der Waals surface area contributed by atoms with Crippen molar-refractivity contribution in [1.29, 1.82) is 0 Å². The molecule has 0 aliphatic rings. The van der Waals surface area contributed by atoms with Gasteiger partial charge in [0.15, 0.2) is 0 Å². The van der Waals surface area contributed by atoms with Crippen LogP contribution in [-0.4, -0.2) is 23.3 Å². The third kappa shape index (κ3) is 4.86. The van der Waals surface area contributed by atoms with Crippen LogP contribution in [0.2, 0.25) is 0 Å². The Morgan fingerprint density at radius 2 is 2.04 bits per heavy atom. The Bertz CT molecular complexity index is 706. The fourth-order valence-electron chi connectivity index (χ4n) is 2.08. The number of hydrogen-bond acceptors (Lipinski definition) is 4. The second kappa shape index (κ2) is 8.00. The maximum absolute atomic E-state index is 10.6. The molecule has 0 aliphatic heterocycles. The summed E-state index contributed by atoms with van der Waals surface area (Å²) in [6, 6.07) is 12.5. The number of carboxylic acid groups (broad SMARTS) is 1. The Morgan fingerprint density at radius 3 is 2.74 bits per heavy atom. The Balaban J connectivity index is 2.16. The Morgan fingerprint density at radius 1 is 1.22 bits per heavy atom. The lowest BCUT2D eigenvalue weighted by Crippen LogP contribution is -2.00. The van der Waals surface area contributed by atoms with Crippen molar-refractivity contribution in [3.05, 3.63) is 65.2 Å². The van der Waals surface area contributed by atoms with Crippen LogP contribution in [-0.2, 0) is 18.0 Å². The van der Waals surface area contributed by atoms with E-state index in [1.165, 1.54) is 6.08 Å². The van der Waals surface area contributed by atoms with E-state index < -0.39 is 5.97 Å². The Hall–Kier alpha value is -2.79. The smallest absolute Gasteiger partial charge is 0.328 e. The van der Waals surface area contributed by atoms with Gasteiger partial charge in [-0.2, -0.15) is 0 Å². The van der Waals surface area contributed by atoms with Crippen LogP contribution in [0, 0.1) is 0 Å². The molecule has 0 bridgehead atoms. The summed E-state index contributed by atoms with van der Waals surface area (Å²) in [6.45, 7) is 0.225. The fraction of sp³-hybridized carbons (Fsp3) is 0.167. The topological polar surface area (TPSA) is 76.0 Å². The molecule has 0 saturated heterocycles. The number of aliphatic hydroxyl groups excluding tert-OH is 1. The van der Waals surface area contributed by atoms with E-state index in [0.717, 1.165) is 22.8 Å². The summed E-state index contributed by atoms with van der Waals surface area (Å²) in [6.07, 6.45) is 2.59. The van der Waals surface area contributed by atoms with E-state index in [1.54, 1.807) is 31.4 Å². The van der Waals surface area contributed by atoms with Crippen molar-refractivity contribution in [2.24, 2.45) is 0 Å². The molecule has 120 valence electrons. The highest BCUT2D eigenvalue weighted by atomic mass is 16.5. The van der Waals surface area contributed by atoms with Crippen molar-refractivity contribution in [2.75, 3.05) is 7.11 Å². The molecule has 0 amide bonds. The predicted molar refractivity (Wildman–Crippen MR) is 86.4 cm³/mol. The number of benzene rings is 2. The number of hydrogen-bond donors (Lipinski definition) is 2. The molecule has 0 heterocycles. The van der Waals surface area contributed by atoms with Crippen LogP contribution in [0.3, 0.4) is 0 Å². The number of carbonyl (C=O) groups is 1. The van der Waals surface area contributed by atoms with E-state index in [1.807, 2.05) is 18.2 Å². The fourth-order valence-corrected chi connectivity index (χ4v) is 2.08. The van der Waals surface area contributed by atoms with Crippen molar-refractivity contribution < 1.29 is 24.5 Å². The molecular weight excluding hydrogens is 296 g/mol. The van der Waals surface area contributed by atoms with Gasteiger partial charge in [-0.15, -0.1) is 0 Å². The van der Waals surface area contributed by atoms with Crippen molar-refractivity contribution >= 4 is 12.0 Å². The van der Waals surface area contributed by atoms with Crippen LogP contribution < -0.4 is 9.47 Å². The van der Waals surface area contributed by atoms with Crippen LogP contribution in [0.25, 0.3) is 6.08 Å². The standard InChI is InChI=1S/C18H18O5/c1-22-17-7-5-13(6-8-18(20)21)9-15(17)12-23-16-4-2-3-14(10-16)11-19/h2-10,19H,11-12H2,1H3,(H,20,21). The SMILES string of the molecule is COc1ccc(C=CC(=O)O)cc1COc1cccc(CO)c1. The van der Waals surface area contributed by atoms with Gasteiger partial charge in [0.25, 0.3) is 0 Å². The minimum absolute atomic E-state index is 0.0456. The molecule has 0 saturated carbocycles. The van der Waals surface area contributed by atoms with E-state index in [9.17, 15) is 4.79 Å². The number of ether oxygens (including phenoxy) is 2. The zero-order valence-corrected chi connectivity index (χ0v) is 12.7. The van der Waals surface area contributed by atoms with Gasteiger partial charge < -0.3 is 19.7 Å². The highest BCUT2D eigenvalue weighted by Crippen LogP contribution is 2.23. The van der Waals surface area contributed by atoms with Crippen LogP contribution >= 0.6 is 0 Å². The molecule has 0 radical (unpaired) electrons. The molecule has 23 heavy (non-hydrogen) atoms. The van der Waals surface area contributed by atoms with E-state index in [2.05, 4.69) is 0 Å². The lowest BCUT2D eigenvalue weighted by atomic mass is 10.1. The summed E-state index contributed by atoms with van der Waals surface area (Å²) in [5.74, 6) is 0.306. The van der Waals surface area contributed by atoms with Gasteiger partial charge in [-0.3, -0.25) is 0 Å². The summed E-state index contributed by atoms with van der Waals surface area (Å²) < 4.78 is 11.0. The summed E-state index contributed by atoms with van der Waals surface area (Å²) in [7, 11) is 1.57. The third-order valence-corrected chi connectivity index (χ3v) is 3.20. The number of aliphatic hydroxyl groups is 1. The zero-order valence-electron chi connectivity index (χ0n) is 12.7. The van der Waals surface area contributed by atoms with E-state index in [4.69, 9.17) is 19.7 Å². The first-order valence-corrected chi connectivity index (χ1v) is 7.03. The average molecular weight is 314 g/mol. The minimum Gasteiger partial charge on any atom is -0.496 e. The maximum atomic E-state index is 10.6. The molecule has 0 aliphatic carbocycles. The highest BCUT2D eigenvalue weighted by Gasteiger charge is 2.05. The maximum Gasteiger partial charge on any atom is 0.328 e. The van der Waals surface area contributed by atoms with Crippen LogP contribution in [0.4, 0.5) is 0 Å². The molecule has 0 fully saturated rings. The lowest BCUT2D eigenvalue weighted by molar-refractivity contribution is -0.131. The molecule has 2 aromatic rings. The number of aliphatic carboxylic acids is 1. The van der Waals surface area contributed by atoms with Crippen LogP contribution in [0.5, 0.6) is 11.5 Å². The van der Waals surface area contributed by atoms with Gasteiger partial charge in [-0.05, 0) is 41.5 Å². The first kappa shape index (κ1) is 16.6. The zero-order chi connectivity index (χ0) is 16.7. The monoisotopic (exact) mass is 314 g/mol. The van der Waals surface area contributed by atoms with Crippen molar-refractivity contribution in [2.45, 2.75) is 13.2 Å². The summed E-state index contributed by atoms with van der Waals surface area (Å²) >= 11 is 0. The van der Waals surface area contributed by atoms with Gasteiger partial charge in [-0.1, -0.05) is 18.2 Å². The largest absolute Gasteiger partial charge is 0.496 e. The second-order valence-electron chi connectivity index (χ2n) is 4.84. The van der Waals surface area contributed by atoms with Gasteiger partial charge in [0.05, 0.1) is 13.7 Å². The molecule has 5 nitrogen and oxygen atoms in total. The summed E-state index contributed by atoms with van der Waals surface area (Å²) in [4.78, 5) is 10.6. The molecule has 2 aromatic carbocycles. The molecule has 5 heteroatoms. The molecule has 0 aromatic heterocycles. The molecule has 2 N–H and O–H groups in total. The normalized spacial score (nSPS) is 10.7. The Kier molecular flexibility index (Phi) is 5.77. The predicted octanol–water partition coefficient (Wildman–Crippen LogP) is 2.86. The van der Waals surface area contributed by atoms with Crippen molar-refractivity contribution in [1.82, 2.24) is 0 Å². The quantitative estimate of drug-likeness (QED) is 0.769. The summed E-state index contributed by atoms with van der Waals surface area (Å²) in [5.41, 5.74) is 2.32. The number of carboxylic acids is 1. The van der Waals surface area contributed by atoms with Crippen molar-refractivity contribution in [3.8, 4) is 11.5 Å². The molecule has 0 unspecified atom stereocenters. The highest BCUT2D eigenvalue weighted by molar-refractivity contribution is 5.85. The number of methoxy groups -OCH3 is 1. The van der Waals surface area contributed by atoms with Gasteiger partial charge in [0.2, 0.25) is 0 Å². The van der Waals surface area contributed by atoms with Gasteiger partial charge >= 0.3 is 5.97 Å². The van der Waals surface area contributed by atoms with Gasteiger partial charge in [-0.25, -0.2) is 4.79 Å². The molecule has 0 spiro atoms. The lowest BCUT2D eigenvalue weighted by Gasteiger charge is -2.12. The first-order valence-electron chi connectivity index (χ1n) is 7.03. The Labute approximate surface area is 134 Å². The van der Waals surface area contributed by atoms with E-state index in [-0.39, 0.29) is 13.2 Å². The van der Waals surface area contributed by atoms with Gasteiger partial charge in [0, 0.05) is 11.6 Å². The van der Waals surface area contributed by atoms with Gasteiger partial charge in [0.1, 0.15) is 18.1 Å². The second-order valence-corrected chi connectivity index (χ2v) is 4.84. The minimum atomic E-state index is -1.00. The first-order chi connectivity index (χ1) is 11.1. The molecule has 2 rings (SSSR count). The van der Waals surface area contributed by atoms with E-state index in [0.29, 0.717) is 11.5 Å². The summed E-state index contributed by atoms with van der Waals surface area (Å²) in [5, 5.41) is 17.8. The average Bonchev–Trinajstić information content (AvgIpc) is 2.58.